The first kappa shape index (κ1) is 17.4. The van der Waals surface area contributed by atoms with E-state index in [0.717, 1.165) is 24.1 Å². The standard InChI is InChI=1S/C17H25N5O3/c1-3-6-22-16(24)13(19-17(22)25)9-14(23)21-7-4-12(5-8-21)15-11(2)10-18-20-15/h10,12-13H,3-9H2,1-2H3,(H,18,20)(H,19,25)/t13-/m1/s1. The summed E-state index contributed by atoms with van der Waals surface area (Å²) in [5.74, 6) is 0.0272. The third-order valence-corrected chi connectivity index (χ3v) is 5.06. The first-order valence-electron chi connectivity index (χ1n) is 8.90. The van der Waals surface area contributed by atoms with Crippen molar-refractivity contribution in [2.45, 2.75) is 51.5 Å². The Balaban J connectivity index is 1.52. The van der Waals surface area contributed by atoms with Crippen LogP contribution in [0.2, 0.25) is 0 Å². The number of carbonyl (C=O) groups excluding carboxylic acids is 3. The van der Waals surface area contributed by atoms with Gasteiger partial charge in [-0.3, -0.25) is 19.6 Å². The molecule has 2 fully saturated rings. The second-order valence-corrected chi connectivity index (χ2v) is 6.82. The molecule has 0 aliphatic carbocycles. The van der Waals surface area contributed by atoms with Crippen molar-refractivity contribution in [1.82, 2.24) is 25.3 Å². The fourth-order valence-corrected chi connectivity index (χ4v) is 3.64. The molecule has 0 unspecified atom stereocenters. The van der Waals surface area contributed by atoms with E-state index in [2.05, 4.69) is 15.5 Å². The van der Waals surface area contributed by atoms with Crippen LogP contribution in [0.3, 0.4) is 0 Å². The Kier molecular flexibility index (Phi) is 5.06. The van der Waals surface area contributed by atoms with Gasteiger partial charge in [0.05, 0.1) is 12.6 Å². The summed E-state index contributed by atoms with van der Waals surface area (Å²) in [5, 5.41) is 9.75. The van der Waals surface area contributed by atoms with Gasteiger partial charge < -0.3 is 10.2 Å². The largest absolute Gasteiger partial charge is 0.343 e. The van der Waals surface area contributed by atoms with Gasteiger partial charge in [0.15, 0.2) is 0 Å². The van der Waals surface area contributed by atoms with Gasteiger partial charge in [-0.25, -0.2) is 4.79 Å². The SMILES string of the molecule is CCCN1C(=O)N[C@H](CC(=O)N2CCC(c3[nH]ncc3C)CC2)C1=O. The minimum Gasteiger partial charge on any atom is -0.343 e. The molecule has 1 aromatic rings. The number of aryl methyl sites for hydroxylation is 1. The van der Waals surface area contributed by atoms with Crippen LogP contribution in [-0.2, 0) is 9.59 Å². The maximum Gasteiger partial charge on any atom is 0.324 e. The van der Waals surface area contributed by atoms with Gasteiger partial charge >= 0.3 is 6.03 Å². The molecule has 0 saturated carbocycles. The highest BCUT2D eigenvalue weighted by Crippen LogP contribution is 2.28. The predicted octanol–water partition coefficient (Wildman–Crippen LogP) is 1.14. The Morgan fingerprint density at radius 3 is 2.64 bits per heavy atom. The van der Waals surface area contributed by atoms with Gasteiger partial charge in [-0.05, 0) is 31.7 Å². The fourth-order valence-electron chi connectivity index (χ4n) is 3.64. The zero-order valence-electron chi connectivity index (χ0n) is 14.7. The second kappa shape index (κ2) is 7.25. The van der Waals surface area contributed by atoms with Crippen LogP contribution in [0.4, 0.5) is 4.79 Å². The number of aromatic amines is 1. The molecule has 3 heterocycles. The van der Waals surface area contributed by atoms with E-state index in [9.17, 15) is 14.4 Å². The summed E-state index contributed by atoms with van der Waals surface area (Å²) in [7, 11) is 0. The number of carbonyl (C=O) groups is 3. The minimum atomic E-state index is -0.723. The molecule has 8 nitrogen and oxygen atoms in total. The first-order chi connectivity index (χ1) is 12.0. The summed E-state index contributed by atoms with van der Waals surface area (Å²) in [6, 6.07) is -1.11. The lowest BCUT2D eigenvalue weighted by Gasteiger charge is -2.32. The summed E-state index contributed by atoms with van der Waals surface area (Å²) < 4.78 is 0. The van der Waals surface area contributed by atoms with Crippen molar-refractivity contribution in [3.8, 4) is 0 Å². The van der Waals surface area contributed by atoms with Crippen molar-refractivity contribution in [1.29, 1.82) is 0 Å². The lowest BCUT2D eigenvalue weighted by molar-refractivity contribution is -0.136. The van der Waals surface area contributed by atoms with Crippen molar-refractivity contribution in [3.05, 3.63) is 17.5 Å². The molecule has 2 saturated heterocycles. The van der Waals surface area contributed by atoms with Crippen LogP contribution in [0.5, 0.6) is 0 Å². The molecular weight excluding hydrogens is 322 g/mol. The number of urea groups is 1. The van der Waals surface area contributed by atoms with E-state index in [0.29, 0.717) is 32.0 Å². The number of hydrogen-bond donors (Lipinski definition) is 2. The molecule has 0 radical (unpaired) electrons. The molecule has 2 aliphatic heterocycles. The van der Waals surface area contributed by atoms with Crippen LogP contribution < -0.4 is 5.32 Å². The van der Waals surface area contributed by atoms with Crippen molar-refractivity contribution < 1.29 is 14.4 Å². The van der Waals surface area contributed by atoms with Crippen LogP contribution in [0.1, 0.15) is 49.8 Å². The van der Waals surface area contributed by atoms with E-state index in [-0.39, 0.29) is 18.2 Å². The van der Waals surface area contributed by atoms with E-state index in [1.54, 1.807) is 4.90 Å². The molecule has 2 aliphatic rings. The number of amides is 4. The summed E-state index contributed by atoms with van der Waals surface area (Å²) >= 11 is 0. The van der Waals surface area contributed by atoms with E-state index < -0.39 is 12.1 Å². The zero-order valence-corrected chi connectivity index (χ0v) is 14.7. The molecule has 3 rings (SSSR count). The smallest absolute Gasteiger partial charge is 0.324 e. The monoisotopic (exact) mass is 347 g/mol. The topological polar surface area (TPSA) is 98.4 Å². The maximum absolute atomic E-state index is 12.5. The van der Waals surface area contributed by atoms with Crippen LogP contribution in [0.15, 0.2) is 6.20 Å². The van der Waals surface area contributed by atoms with E-state index >= 15 is 0 Å². The number of nitrogens with zero attached hydrogens (tertiary/aromatic N) is 3. The molecule has 0 spiro atoms. The second-order valence-electron chi connectivity index (χ2n) is 6.82. The highest BCUT2D eigenvalue weighted by molar-refractivity contribution is 6.05. The Morgan fingerprint density at radius 2 is 2.04 bits per heavy atom. The fraction of sp³-hybridized carbons (Fsp3) is 0.647. The molecule has 8 heteroatoms. The highest BCUT2D eigenvalue weighted by atomic mass is 16.2. The lowest BCUT2D eigenvalue weighted by Crippen LogP contribution is -2.42. The van der Waals surface area contributed by atoms with Crippen LogP contribution >= 0.6 is 0 Å². The summed E-state index contributed by atoms with van der Waals surface area (Å²) in [6.07, 6.45) is 4.33. The zero-order chi connectivity index (χ0) is 18.0. The van der Waals surface area contributed by atoms with Crippen molar-refractivity contribution >= 4 is 17.8 Å². The summed E-state index contributed by atoms with van der Waals surface area (Å²) in [4.78, 5) is 39.5. The third kappa shape index (κ3) is 3.52. The van der Waals surface area contributed by atoms with E-state index in [4.69, 9.17) is 0 Å². The van der Waals surface area contributed by atoms with Gasteiger partial charge in [-0.15, -0.1) is 0 Å². The molecule has 0 bridgehead atoms. The van der Waals surface area contributed by atoms with Gasteiger partial charge in [-0.1, -0.05) is 6.92 Å². The Labute approximate surface area is 146 Å². The molecule has 2 N–H and O–H groups in total. The molecule has 25 heavy (non-hydrogen) atoms. The van der Waals surface area contributed by atoms with Crippen molar-refractivity contribution in [2.75, 3.05) is 19.6 Å². The average Bonchev–Trinajstić information content (AvgIpc) is 3.14. The molecule has 4 amide bonds. The first-order valence-corrected chi connectivity index (χ1v) is 8.90. The Bertz CT molecular complexity index is 663. The number of nitrogens with one attached hydrogen (secondary N) is 2. The molecular formula is C17H25N5O3. The third-order valence-electron chi connectivity index (χ3n) is 5.06. The Hall–Kier alpha value is -2.38. The number of H-pyrrole nitrogens is 1. The number of piperidine rings is 1. The van der Waals surface area contributed by atoms with Gasteiger partial charge in [-0.2, -0.15) is 5.10 Å². The minimum absolute atomic E-state index is 0.0402. The lowest BCUT2D eigenvalue weighted by atomic mass is 9.91. The molecule has 136 valence electrons. The van der Waals surface area contributed by atoms with Crippen LogP contribution in [0.25, 0.3) is 0 Å². The van der Waals surface area contributed by atoms with E-state index in [1.807, 2.05) is 20.0 Å². The number of imide groups is 1. The molecule has 0 aromatic carbocycles. The van der Waals surface area contributed by atoms with Gasteiger partial charge in [0.2, 0.25) is 5.91 Å². The number of rotatable bonds is 5. The number of likely N-dealkylation sites (tertiary alicyclic amines) is 1. The maximum atomic E-state index is 12.5. The van der Waals surface area contributed by atoms with Crippen LogP contribution in [0, 0.1) is 6.92 Å². The van der Waals surface area contributed by atoms with Gasteiger partial charge in [0.1, 0.15) is 6.04 Å². The van der Waals surface area contributed by atoms with Crippen LogP contribution in [-0.4, -0.2) is 63.5 Å². The predicted molar refractivity (Wildman–Crippen MR) is 90.8 cm³/mol. The normalized spacial score (nSPS) is 21.8. The number of hydrogen-bond acceptors (Lipinski definition) is 4. The van der Waals surface area contributed by atoms with Crippen molar-refractivity contribution in [3.63, 3.8) is 0 Å². The van der Waals surface area contributed by atoms with Gasteiger partial charge in [0, 0.05) is 31.2 Å². The Morgan fingerprint density at radius 1 is 1.32 bits per heavy atom. The number of aromatic nitrogens is 2. The van der Waals surface area contributed by atoms with E-state index in [1.165, 1.54) is 4.90 Å². The van der Waals surface area contributed by atoms with Crippen molar-refractivity contribution in [2.24, 2.45) is 0 Å². The average molecular weight is 347 g/mol. The summed E-state index contributed by atoms with van der Waals surface area (Å²) in [6.45, 7) is 5.66. The quantitative estimate of drug-likeness (QED) is 0.781. The molecule has 1 atom stereocenters. The highest BCUT2D eigenvalue weighted by Gasteiger charge is 2.39. The van der Waals surface area contributed by atoms with Gasteiger partial charge in [0.25, 0.3) is 5.91 Å². The summed E-state index contributed by atoms with van der Waals surface area (Å²) in [5.41, 5.74) is 2.31. The molecule has 1 aromatic heterocycles.